The molecular weight excluding hydrogens is 270 g/mol. The smallest absolute Gasteiger partial charge is 0.0895 e. The van der Waals surface area contributed by atoms with E-state index >= 15 is 0 Å². The molecule has 0 unspecified atom stereocenters. The number of ether oxygens (including phenoxy) is 1. The van der Waals surface area contributed by atoms with Crippen LogP contribution >= 0.6 is 0 Å². The third kappa shape index (κ3) is 2.32. The number of aryl methyl sites for hydroxylation is 2. The minimum absolute atomic E-state index is 0.233. The Kier molecular flexibility index (Phi) is 3.42. The molecule has 2 aromatic rings. The SMILES string of the molecule is Cc1ccc([C@H]2Nc3ccc(C)cc3[C@H]3OCCC[C@@H]23)cc1. The molecule has 0 amide bonds. The van der Waals surface area contributed by atoms with Crippen molar-refractivity contribution in [3.63, 3.8) is 0 Å². The predicted molar refractivity (Wildman–Crippen MR) is 90.1 cm³/mol. The van der Waals surface area contributed by atoms with Crippen LogP contribution in [0, 0.1) is 19.8 Å². The van der Waals surface area contributed by atoms with E-state index in [-0.39, 0.29) is 6.10 Å². The van der Waals surface area contributed by atoms with Crippen LogP contribution in [0.3, 0.4) is 0 Å². The zero-order chi connectivity index (χ0) is 15.1. The molecule has 2 nitrogen and oxygen atoms in total. The van der Waals surface area contributed by atoms with E-state index in [4.69, 9.17) is 4.74 Å². The first-order chi connectivity index (χ1) is 10.7. The topological polar surface area (TPSA) is 21.3 Å². The Morgan fingerprint density at radius 2 is 1.77 bits per heavy atom. The van der Waals surface area contributed by atoms with Gasteiger partial charge in [0, 0.05) is 23.8 Å². The molecule has 0 aromatic heterocycles. The van der Waals surface area contributed by atoms with Gasteiger partial charge in [-0.15, -0.1) is 0 Å². The number of rotatable bonds is 1. The van der Waals surface area contributed by atoms with E-state index in [1.165, 1.54) is 34.4 Å². The summed E-state index contributed by atoms with van der Waals surface area (Å²) in [5.74, 6) is 0.519. The fourth-order valence-corrected chi connectivity index (χ4v) is 3.89. The molecule has 0 saturated carbocycles. The number of hydrogen-bond donors (Lipinski definition) is 1. The van der Waals surface area contributed by atoms with E-state index in [0.717, 1.165) is 13.0 Å². The van der Waals surface area contributed by atoms with E-state index in [1.807, 2.05) is 0 Å². The van der Waals surface area contributed by atoms with Crippen molar-refractivity contribution in [1.29, 1.82) is 0 Å². The fourth-order valence-electron chi connectivity index (χ4n) is 3.89. The average molecular weight is 293 g/mol. The zero-order valence-electron chi connectivity index (χ0n) is 13.3. The Morgan fingerprint density at radius 1 is 1.00 bits per heavy atom. The number of benzene rings is 2. The molecule has 1 N–H and O–H groups in total. The van der Waals surface area contributed by atoms with Crippen LogP contribution in [0.25, 0.3) is 0 Å². The molecule has 2 heterocycles. The van der Waals surface area contributed by atoms with Gasteiger partial charge in [0.2, 0.25) is 0 Å². The maximum Gasteiger partial charge on any atom is 0.0895 e. The molecule has 1 saturated heterocycles. The largest absolute Gasteiger partial charge is 0.378 e. The van der Waals surface area contributed by atoms with Crippen LogP contribution in [0.15, 0.2) is 42.5 Å². The van der Waals surface area contributed by atoms with Gasteiger partial charge in [-0.3, -0.25) is 0 Å². The van der Waals surface area contributed by atoms with Gasteiger partial charge in [-0.05, 0) is 38.3 Å². The number of anilines is 1. The first kappa shape index (κ1) is 13.8. The summed E-state index contributed by atoms with van der Waals surface area (Å²) in [4.78, 5) is 0. The van der Waals surface area contributed by atoms with E-state index in [2.05, 4.69) is 61.6 Å². The van der Waals surface area contributed by atoms with Crippen molar-refractivity contribution < 1.29 is 4.74 Å². The molecule has 0 aliphatic carbocycles. The summed E-state index contributed by atoms with van der Waals surface area (Å²) in [5, 5.41) is 3.78. The molecule has 1 fully saturated rings. The summed E-state index contributed by atoms with van der Waals surface area (Å²) in [6, 6.07) is 16.0. The summed E-state index contributed by atoms with van der Waals surface area (Å²) in [6.45, 7) is 5.18. The minimum Gasteiger partial charge on any atom is -0.378 e. The molecule has 3 atom stereocenters. The number of nitrogens with one attached hydrogen (secondary N) is 1. The third-order valence-electron chi connectivity index (χ3n) is 5.06. The van der Waals surface area contributed by atoms with Crippen LogP contribution in [0.5, 0.6) is 0 Å². The van der Waals surface area contributed by atoms with Crippen LogP contribution in [-0.4, -0.2) is 6.61 Å². The lowest BCUT2D eigenvalue weighted by Crippen LogP contribution is -2.36. The van der Waals surface area contributed by atoms with E-state index < -0.39 is 0 Å². The Labute approximate surface area is 132 Å². The Hall–Kier alpha value is -1.80. The summed E-state index contributed by atoms with van der Waals surface area (Å²) < 4.78 is 6.20. The highest BCUT2D eigenvalue weighted by Crippen LogP contribution is 2.49. The van der Waals surface area contributed by atoms with E-state index in [1.54, 1.807) is 0 Å². The molecule has 2 heteroatoms. The molecule has 114 valence electrons. The second-order valence-corrected chi connectivity index (χ2v) is 6.72. The van der Waals surface area contributed by atoms with Gasteiger partial charge in [-0.2, -0.15) is 0 Å². The monoisotopic (exact) mass is 293 g/mol. The first-order valence-electron chi connectivity index (χ1n) is 8.27. The Balaban J connectivity index is 1.77. The molecule has 2 aromatic carbocycles. The minimum atomic E-state index is 0.233. The second-order valence-electron chi connectivity index (χ2n) is 6.72. The zero-order valence-corrected chi connectivity index (χ0v) is 13.3. The molecular formula is C20H23NO. The number of fused-ring (bicyclic) bond motifs is 3. The predicted octanol–water partition coefficient (Wildman–Crippen LogP) is 4.94. The van der Waals surface area contributed by atoms with E-state index in [9.17, 15) is 0 Å². The lowest BCUT2D eigenvalue weighted by Gasteiger charge is -2.43. The van der Waals surface area contributed by atoms with Crippen LogP contribution in [0.2, 0.25) is 0 Å². The van der Waals surface area contributed by atoms with Gasteiger partial charge in [0.05, 0.1) is 12.1 Å². The van der Waals surface area contributed by atoms with Crippen LogP contribution < -0.4 is 5.32 Å². The highest BCUT2D eigenvalue weighted by molar-refractivity contribution is 5.58. The van der Waals surface area contributed by atoms with Gasteiger partial charge in [0.25, 0.3) is 0 Å². The molecule has 0 bridgehead atoms. The van der Waals surface area contributed by atoms with Crippen molar-refractivity contribution in [2.75, 3.05) is 11.9 Å². The molecule has 0 radical (unpaired) electrons. The Morgan fingerprint density at radius 3 is 2.59 bits per heavy atom. The van der Waals surface area contributed by atoms with Gasteiger partial charge in [-0.25, -0.2) is 0 Å². The normalized spacial score (nSPS) is 26.7. The van der Waals surface area contributed by atoms with Gasteiger partial charge in [-0.1, -0.05) is 47.5 Å². The van der Waals surface area contributed by atoms with Crippen molar-refractivity contribution in [2.45, 2.75) is 38.8 Å². The highest BCUT2D eigenvalue weighted by Gasteiger charge is 2.39. The molecule has 4 rings (SSSR count). The molecule has 2 aliphatic rings. The Bertz CT molecular complexity index is 677. The van der Waals surface area contributed by atoms with Gasteiger partial charge >= 0.3 is 0 Å². The van der Waals surface area contributed by atoms with Crippen LogP contribution in [0.1, 0.15) is 47.2 Å². The quantitative estimate of drug-likeness (QED) is 0.804. The maximum absolute atomic E-state index is 6.20. The van der Waals surface area contributed by atoms with Gasteiger partial charge in [0.1, 0.15) is 0 Å². The van der Waals surface area contributed by atoms with Crippen LogP contribution in [-0.2, 0) is 4.74 Å². The standard InChI is InChI=1S/C20H23NO/c1-13-5-8-15(9-6-13)19-16-4-3-11-22-20(16)17-12-14(2)7-10-18(17)21-19/h5-10,12,16,19-21H,3-4,11H2,1-2H3/t16-,19+,20-/m0/s1. The summed E-state index contributed by atoms with van der Waals surface area (Å²) in [5.41, 5.74) is 6.57. The van der Waals surface area contributed by atoms with Crippen molar-refractivity contribution in [3.05, 3.63) is 64.7 Å². The fraction of sp³-hybridized carbons (Fsp3) is 0.400. The van der Waals surface area contributed by atoms with Crippen molar-refractivity contribution in [1.82, 2.24) is 0 Å². The molecule has 22 heavy (non-hydrogen) atoms. The van der Waals surface area contributed by atoms with Crippen molar-refractivity contribution in [3.8, 4) is 0 Å². The lowest BCUT2D eigenvalue weighted by atomic mass is 9.77. The van der Waals surface area contributed by atoms with Crippen LogP contribution in [0.4, 0.5) is 5.69 Å². The summed E-state index contributed by atoms with van der Waals surface area (Å²) in [6.07, 6.45) is 2.62. The highest BCUT2D eigenvalue weighted by atomic mass is 16.5. The summed E-state index contributed by atoms with van der Waals surface area (Å²) in [7, 11) is 0. The van der Waals surface area contributed by atoms with Crippen molar-refractivity contribution in [2.24, 2.45) is 5.92 Å². The third-order valence-corrected chi connectivity index (χ3v) is 5.06. The second kappa shape index (κ2) is 5.44. The van der Waals surface area contributed by atoms with Gasteiger partial charge < -0.3 is 10.1 Å². The first-order valence-corrected chi connectivity index (χ1v) is 8.27. The van der Waals surface area contributed by atoms with Gasteiger partial charge in [0.15, 0.2) is 0 Å². The molecule has 0 spiro atoms. The maximum atomic E-state index is 6.20. The number of hydrogen-bond acceptors (Lipinski definition) is 2. The molecule has 2 aliphatic heterocycles. The lowest BCUT2D eigenvalue weighted by molar-refractivity contribution is -0.0381. The van der Waals surface area contributed by atoms with E-state index in [0.29, 0.717) is 12.0 Å². The summed E-state index contributed by atoms with van der Waals surface area (Å²) >= 11 is 0. The average Bonchev–Trinajstić information content (AvgIpc) is 2.55. The van der Waals surface area contributed by atoms with Crippen molar-refractivity contribution >= 4 is 5.69 Å².